The highest BCUT2D eigenvalue weighted by Gasteiger charge is 2.40. The summed E-state index contributed by atoms with van der Waals surface area (Å²) in [6.07, 6.45) is 4.33. The molecule has 4 heteroatoms. The van der Waals surface area contributed by atoms with Gasteiger partial charge in [0, 0.05) is 6.00 Å². The van der Waals surface area contributed by atoms with Crippen LogP contribution in [0, 0.1) is 12.3 Å². The molecule has 1 N–H and O–H groups in total. The molecule has 0 aromatic carbocycles. The fourth-order valence-corrected chi connectivity index (χ4v) is 1.44. The van der Waals surface area contributed by atoms with Gasteiger partial charge in [-0.1, -0.05) is 12.8 Å². The summed E-state index contributed by atoms with van der Waals surface area (Å²) in [5.41, 5.74) is 0. The molecule has 1 unspecified atom stereocenters. The average Bonchev–Trinajstić information content (AvgIpc) is 2.39. The van der Waals surface area contributed by atoms with Gasteiger partial charge in [-0.25, -0.2) is 0 Å². The standard InChI is InChI=1S/C9H13BO3/c1-3-5-12-8-7(11)6(4-2)13-9(8)10/h1,6-9,11H,4-5H2,2H3/t6-,7?,8+,9-/m1/s1. The Morgan fingerprint density at radius 2 is 2.38 bits per heavy atom. The Bertz CT molecular complexity index is 202. The summed E-state index contributed by atoms with van der Waals surface area (Å²) in [6.45, 7) is 2.07. The zero-order chi connectivity index (χ0) is 9.84. The molecule has 0 aromatic heterocycles. The molecule has 1 aliphatic heterocycles. The molecule has 0 aliphatic carbocycles. The highest BCUT2D eigenvalue weighted by atomic mass is 16.6. The van der Waals surface area contributed by atoms with E-state index in [0.717, 1.165) is 0 Å². The molecular formula is C9H13BO3. The Labute approximate surface area is 79.8 Å². The van der Waals surface area contributed by atoms with Crippen molar-refractivity contribution >= 4 is 7.85 Å². The molecule has 0 bridgehead atoms. The molecule has 3 nitrogen and oxygen atoms in total. The number of terminal acetylenes is 1. The molecule has 1 saturated heterocycles. The van der Waals surface area contributed by atoms with Crippen molar-refractivity contribution in [2.24, 2.45) is 0 Å². The first-order valence-corrected chi connectivity index (χ1v) is 4.34. The zero-order valence-corrected chi connectivity index (χ0v) is 7.64. The van der Waals surface area contributed by atoms with Crippen LogP contribution in [0.15, 0.2) is 0 Å². The van der Waals surface area contributed by atoms with Gasteiger partial charge in [0.15, 0.2) is 0 Å². The lowest BCUT2D eigenvalue weighted by Gasteiger charge is -2.17. The van der Waals surface area contributed by atoms with E-state index >= 15 is 0 Å². The lowest BCUT2D eigenvalue weighted by Crippen LogP contribution is -2.35. The van der Waals surface area contributed by atoms with E-state index in [1.807, 2.05) is 6.92 Å². The summed E-state index contributed by atoms with van der Waals surface area (Å²) in [7, 11) is 5.60. The molecule has 2 radical (unpaired) electrons. The first-order chi connectivity index (χ1) is 6.20. The maximum atomic E-state index is 9.65. The monoisotopic (exact) mass is 180 g/mol. The molecule has 1 fully saturated rings. The molecule has 1 heterocycles. The number of hydrogen-bond acceptors (Lipinski definition) is 3. The third-order valence-electron chi connectivity index (χ3n) is 2.13. The van der Waals surface area contributed by atoms with Gasteiger partial charge >= 0.3 is 0 Å². The molecule has 0 aromatic rings. The second-order valence-corrected chi connectivity index (χ2v) is 3.02. The zero-order valence-electron chi connectivity index (χ0n) is 7.64. The molecule has 4 atom stereocenters. The number of hydrogen-bond donors (Lipinski definition) is 1. The van der Waals surface area contributed by atoms with E-state index in [2.05, 4.69) is 5.92 Å². The van der Waals surface area contributed by atoms with Gasteiger partial charge in [0.2, 0.25) is 0 Å². The molecule has 0 saturated carbocycles. The van der Waals surface area contributed by atoms with Crippen LogP contribution in [-0.4, -0.2) is 43.9 Å². The Hall–Kier alpha value is -0.495. The average molecular weight is 180 g/mol. The summed E-state index contributed by atoms with van der Waals surface area (Å²) in [5.74, 6) is 2.32. The number of rotatable bonds is 3. The van der Waals surface area contributed by atoms with Crippen molar-refractivity contribution in [2.45, 2.75) is 37.7 Å². The fraction of sp³-hybridized carbons (Fsp3) is 0.778. The van der Waals surface area contributed by atoms with E-state index in [-0.39, 0.29) is 12.7 Å². The van der Waals surface area contributed by atoms with Crippen molar-refractivity contribution in [1.29, 1.82) is 0 Å². The van der Waals surface area contributed by atoms with E-state index in [0.29, 0.717) is 6.42 Å². The summed E-state index contributed by atoms with van der Waals surface area (Å²) in [4.78, 5) is 0. The minimum Gasteiger partial charge on any atom is -0.388 e. The van der Waals surface area contributed by atoms with Crippen molar-refractivity contribution in [3.05, 3.63) is 0 Å². The van der Waals surface area contributed by atoms with Gasteiger partial charge in [-0.15, -0.1) is 6.42 Å². The SMILES string of the molecule is [B][C@@H]1O[C@H](CC)C(O)[C@@H]1OCC#C. The largest absolute Gasteiger partial charge is 0.388 e. The second kappa shape index (κ2) is 4.66. The van der Waals surface area contributed by atoms with Crippen LogP contribution in [0.2, 0.25) is 0 Å². The van der Waals surface area contributed by atoms with Crippen LogP contribution in [0.5, 0.6) is 0 Å². The number of aliphatic hydroxyl groups excluding tert-OH is 1. The topological polar surface area (TPSA) is 38.7 Å². The molecule has 1 rings (SSSR count). The maximum Gasteiger partial charge on any atom is 0.112 e. The van der Waals surface area contributed by atoms with Gasteiger partial charge < -0.3 is 14.6 Å². The van der Waals surface area contributed by atoms with E-state index in [1.165, 1.54) is 0 Å². The van der Waals surface area contributed by atoms with Crippen LogP contribution in [-0.2, 0) is 9.47 Å². The van der Waals surface area contributed by atoms with Crippen molar-refractivity contribution in [3.8, 4) is 12.3 Å². The Morgan fingerprint density at radius 3 is 2.85 bits per heavy atom. The third kappa shape index (κ3) is 2.25. The molecule has 13 heavy (non-hydrogen) atoms. The molecule has 1 aliphatic rings. The van der Waals surface area contributed by atoms with Crippen molar-refractivity contribution in [2.75, 3.05) is 6.61 Å². The lowest BCUT2D eigenvalue weighted by atomic mass is 9.92. The number of aliphatic hydroxyl groups is 1. The van der Waals surface area contributed by atoms with Crippen LogP contribution < -0.4 is 0 Å². The van der Waals surface area contributed by atoms with Gasteiger partial charge in [0.25, 0.3) is 0 Å². The normalized spacial score (nSPS) is 38.8. The number of ether oxygens (including phenoxy) is 2. The van der Waals surface area contributed by atoms with Crippen LogP contribution >= 0.6 is 0 Å². The van der Waals surface area contributed by atoms with Crippen LogP contribution in [0.4, 0.5) is 0 Å². The van der Waals surface area contributed by atoms with Crippen molar-refractivity contribution < 1.29 is 14.6 Å². The predicted octanol–water partition coefficient (Wildman–Crippen LogP) is -0.331. The van der Waals surface area contributed by atoms with Gasteiger partial charge in [0.05, 0.1) is 6.10 Å². The van der Waals surface area contributed by atoms with Gasteiger partial charge in [-0.2, -0.15) is 0 Å². The van der Waals surface area contributed by atoms with Crippen molar-refractivity contribution in [3.63, 3.8) is 0 Å². The summed E-state index contributed by atoms with van der Waals surface area (Å²) >= 11 is 0. The first-order valence-electron chi connectivity index (χ1n) is 4.34. The highest BCUT2D eigenvalue weighted by Crippen LogP contribution is 2.23. The van der Waals surface area contributed by atoms with Crippen molar-refractivity contribution in [1.82, 2.24) is 0 Å². The Balaban J connectivity index is 2.49. The maximum absolute atomic E-state index is 9.65. The molecule has 70 valence electrons. The highest BCUT2D eigenvalue weighted by molar-refractivity contribution is 6.11. The predicted molar refractivity (Wildman–Crippen MR) is 49.3 cm³/mol. The molecule has 0 spiro atoms. The Kier molecular flexibility index (Phi) is 3.79. The van der Waals surface area contributed by atoms with Crippen LogP contribution in [0.3, 0.4) is 0 Å². The summed E-state index contributed by atoms with van der Waals surface area (Å²) in [6, 6.07) is -0.576. The minimum atomic E-state index is -0.673. The smallest absolute Gasteiger partial charge is 0.112 e. The molecule has 0 amide bonds. The Morgan fingerprint density at radius 1 is 1.69 bits per heavy atom. The van der Waals surface area contributed by atoms with E-state index in [9.17, 15) is 5.11 Å². The van der Waals surface area contributed by atoms with Gasteiger partial charge in [-0.05, 0) is 6.42 Å². The first kappa shape index (κ1) is 10.6. The van der Waals surface area contributed by atoms with E-state index in [1.54, 1.807) is 0 Å². The van der Waals surface area contributed by atoms with Crippen LogP contribution in [0.1, 0.15) is 13.3 Å². The summed E-state index contributed by atoms with van der Waals surface area (Å²) in [5, 5.41) is 9.65. The quantitative estimate of drug-likeness (QED) is 0.477. The van der Waals surface area contributed by atoms with E-state index in [4.69, 9.17) is 23.7 Å². The fourth-order valence-electron chi connectivity index (χ4n) is 1.44. The lowest BCUT2D eigenvalue weighted by molar-refractivity contribution is -0.00872. The molecular weight excluding hydrogens is 167 g/mol. The summed E-state index contributed by atoms with van der Waals surface area (Å²) < 4.78 is 10.4. The van der Waals surface area contributed by atoms with Gasteiger partial charge in [0.1, 0.15) is 26.7 Å². The van der Waals surface area contributed by atoms with Crippen LogP contribution in [0.25, 0.3) is 0 Å². The second-order valence-electron chi connectivity index (χ2n) is 3.02. The van der Waals surface area contributed by atoms with Gasteiger partial charge in [-0.3, -0.25) is 0 Å². The third-order valence-corrected chi connectivity index (χ3v) is 2.13. The minimum absolute atomic E-state index is 0.148. The van der Waals surface area contributed by atoms with E-state index < -0.39 is 18.2 Å².